The summed E-state index contributed by atoms with van der Waals surface area (Å²) >= 11 is 0. The number of carbonyl (C=O) groups is 1. The van der Waals surface area contributed by atoms with E-state index in [0.717, 1.165) is 11.1 Å². The van der Waals surface area contributed by atoms with Crippen LogP contribution in [-0.4, -0.2) is 22.0 Å². The van der Waals surface area contributed by atoms with E-state index in [-0.39, 0.29) is 11.9 Å². The summed E-state index contributed by atoms with van der Waals surface area (Å²) < 4.78 is 10.7. The van der Waals surface area contributed by atoms with Crippen LogP contribution in [0.5, 0.6) is 0 Å². The number of furan rings is 1. The first kappa shape index (κ1) is 17.0. The first-order valence-corrected chi connectivity index (χ1v) is 8.33. The lowest BCUT2D eigenvalue weighted by atomic mass is 10.0. The van der Waals surface area contributed by atoms with E-state index in [1.807, 2.05) is 39.0 Å². The highest BCUT2D eigenvalue weighted by Crippen LogP contribution is 2.25. The van der Waals surface area contributed by atoms with Gasteiger partial charge in [0.1, 0.15) is 5.69 Å². The normalized spacial score (nSPS) is 11.1. The summed E-state index contributed by atoms with van der Waals surface area (Å²) in [4.78, 5) is 14.3. The van der Waals surface area contributed by atoms with Crippen LogP contribution in [0.3, 0.4) is 0 Å². The van der Waals surface area contributed by atoms with Crippen LogP contribution < -0.4 is 0 Å². The fourth-order valence-corrected chi connectivity index (χ4v) is 2.81. The molecule has 1 aromatic carbocycles. The van der Waals surface area contributed by atoms with Gasteiger partial charge in [-0.2, -0.15) is 0 Å². The van der Waals surface area contributed by atoms with Crippen molar-refractivity contribution in [2.24, 2.45) is 0 Å². The molecule has 5 nitrogen and oxygen atoms in total. The molecule has 2 heterocycles. The number of hydrogen-bond donors (Lipinski definition) is 0. The molecule has 130 valence electrons. The molecule has 0 atom stereocenters. The topological polar surface area (TPSA) is 59.5 Å². The average Bonchev–Trinajstić information content (AvgIpc) is 3.23. The lowest BCUT2D eigenvalue weighted by Gasteiger charge is -2.24. The van der Waals surface area contributed by atoms with Gasteiger partial charge >= 0.3 is 0 Å². The van der Waals surface area contributed by atoms with Crippen molar-refractivity contribution in [2.45, 2.75) is 40.3 Å². The number of benzene rings is 1. The molecule has 0 radical (unpaired) electrons. The molecule has 0 saturated carbocycles. The molecule has 0 N–H and O–H groups in total. The van der Waals surface area contributed by atoms with Gasteiger partial charge in [0.05, 0.1) is 12.8 Å². The highest BCUT2D eigenvalue weighted by atomic mass is 16.5. The van der Waals surface area contributed by atoms with Gasteiger partial charge in [0, 0.05) is 17.7 Å². The molecular formula is C20H22N2O3. The van der Waals surface area contributed by atoms with E-state index in [9.17, 15) is 4.79 Å². The highest BCUT2D eigenvalue weighted by molar-refractivity contribution is 5.91. The third kappa shape index (κ3) is 3.65. The number of rotatable bonds is 5. The molecule has 0 saturated heterocycles. The van der Waals surface area contributed by atoms with Gasteiger partial charge in [0.2, 0.25) is 0 Å². The minimum Gasteiger partial charge on any atom is -0.459 e. The molecule has 2 aromatic heterocycles. The van der Waals surface area contributed by atoms with Gasteiger partial charge in [0.25, 0.3) is 5.91 Å². The smallest absolute Gasteiger partial charge is 0.290 e. The molecule has 0 unspecified atom stereocenters. The summed E-state index contributed by atoms with van der Waals surface area (Å²) in [6.45, 7) is 8.40. The van der Waals surface area contributed by atoms with Crippen molar-refractivity contribution in [3.05, 3.63) is 65.2 Å². The molecule has 5 heteroatoms. The predicted octanol–water partition coefficient (Wildman–Crippen LogP) is 4.60. The van der Waals surface area contributed by atoms with Gasteiger partial charge in [-0.1, -0.05) is 28.9 Å². The lowest BCUT2D eigenvalue weighted by Crippen LogP contribution is -2.36. The zero-order valence-electron chi connectivity index (χ0n) is 14.9. The predicted molar refractivity (Wildman–Crippen MR) is 95.1 cm³/mol. The number of aromatic nitrogens is 1. The molecular weight excluding hydrogens is 316 g/mol. The highest BCUT2D eigenvalue weighted by Gasteiger charge is 2.23. The van der Waals surface area contributed by atoms with Crippen LogP contribution in [0.15, 0.2) is 51.6 Å². The summed E-state index contributed by atoms with van der Waals surface area (Å²) in [7, 11) is 0. The maximum atomic E-state index is 12.6. The minimum absolute atomic E-state index is 0.0128. The van der Waals surface area contributed by atoms with E-state index >= 15 is 0 Å². The Hall–Kier alpha value is -2.82. The lowest BCUT2D eigenvalue weighted by molar-refractivity contribution is 0.0653. The Morgan fingerprint density at radius 1 is 1.20 bits per heavy atom. The van der Waals surface area contributed by atoms with Gasteiger partial charge in [-0.25, -0.2) is 0 Å². The van der Waals surface area contributed by atoms with Gasteiger partial charge in [-0.15, -0.1) is 0 Å². The van der Waals surface area contributed by atoms with E-state index in [4.69, 9.17) is 8.94 Å². The van der Waals surface area contributed by atoms with E-state index < -0.39 is 0 Å². The quantitative estimate of drug-likeness (QED) is 0.682. The Labute approximate surface area is 147 Å². The molecule has 0 bridgehead atoms. The van der Waals surface area contributed by atoms with Crippen LogP contribution in [0.25, 0.3) is 11.3 Å². The second-order valence-corrected chi connectivity index (χ2v) is 6.50. The largest absolute Gasteiger partial charge is 0.459 e. The monoisotopic (exact) mass is 338 g/mol. The van der Waals surface area contributed by atoms with Crippen LogP contribution in [0, 0.1) is 13.8 Å². The van der Waals surface area contributed by atoms with Crippen molar-refractivity contribution in [2.75, 3.05) is 0 Å². The minimum atomic E-state index is -0.156. The summed E-state index contributed by atoms with van der Waals surface area (Å²) in [5.74, 6) is 0.879. The molecule has 0 aliphatic heterocycles. The van der Waals surface area contributed by atoms with Crippen LogP contribution in [0.4, 0.5) is 0 Å². The third-order valence-electron chi connectivity index (χ3n) is 4.15. The summed E-state index contributed by atoms with van der Waals surface area (Å²) in [6.07, 6.45) is 1.50. The Bertz CT molecular complexity index is 863. The molecule has 3 rings (SSSR count). The van der Waals surface area contributed by atoms with Crippen molar-refractivity contribution in [1.29, 1.82) is 0 Å². The summed E-state index contributed by atoms with van der Waals surface area (Å²) in [6, 6.07) is 11.5. The fourth-order valence-electron chi connectivity index (χ4n) is 2.81. The number of hydrogen-bond acceptors (Lipinski definition) is 4. The Morgan fingerprint density at radius 3 is 2.64 bits per heavy atom. The second kappa shape index (κ2) is 6.97. The molecule has 1 amide bonds. The Morgan fingerprint density at radius 2 is 2.00 bits per heavy atom. The average molecular weight is 338 g/mol. The van der Waals surface area contributed by atoms with Crippen molar-refractivity contribution in [3.8, 4) is 11.3 Å². The van der Waals surface area contributed by atoms with Gasteiger partial charge < -0.3 is 13.8 Å². The van der Waals surface area contributed by atoms with E-state index in [0.29, 0.717) is 23.8 Å². The van der Waals surface area contributed by atoms with Crippen molar-refractivity contribution in [1.82, 2.24) is 10.1 Å². The van der Waals surface area contributed by atoms with Crippen molar-refractivity contribution in [3.63, 3.8) is 0 Å². The molecule has 0 aliphatic rings. The number of amides is 1. The molecule has 3 aromatic rings. The van der Waals surface area contributed by atoms with Gasteiger partial charge in [0.15, 0.2) is 11.5 Å². The molecule has 0 spiro atoms. The van der Waals surface area contributed by atoms with Crippen LogP contribution in [-0.2, 0) is 6.54 Å². The van der Waals surface area contributed by atoms with E-state index in [2.05, 4.69) is 18.1 Å². The molecule has 25 heavy (non-hydrogen) atoms. The van der Waals surface area contributed by atoms with Gasteiger partial charge in [-0.3, -0.25) is 4.79 Å². The van der Waals surface area contributed by atoms with Crippen molar-refractivity contribution >= 4 is 5.91 Å². The second-order valence-electron chi connectivity index (χ2n) is 6.50. The maximum absolute atomic E-state index is 12.6. The first-order valence-electron chi connectivity index (χ1n) is 8.33. The van der Waals surface area contributed by atoms with Crippen LogP contribution in [0.2, 0.25) is 0 Å². The number of carbonyl (C=O) groups excluding carboxylic acids is 1. The van der Waals surface area contributed by atoms with E-state index in [1.165, 1.54) is 11.8 Å². The summed E-state index contributed by atoms with van der Waals surface area (Å²) in [5, 5.41) is 4.14. The maximum Gasteiger partial charge on any atom is 0.290 e. The molecule has 0 aliphatic carbocycles. The molecule has 0 fully saturated rings. The van der Waals surface area contributed by atoms with Crippen LogP contribution >= 0.6 is 0 Å². The SMILES string of the molecule is Cc1ccc(-c2cc(CN(C(=O)c3ccco3)C(C)C)no2)c(C)c1. The zero-order chi connectivity index (χ0) is 18.0. The Balaban J connectivity index is 1.82. The fraction of sp³-hybridized carbons (Fsp3) is 0.300. The Kier molecular flexibility index (Phi) is 4.74. The third-order valence-corrected chi connectivity index (χ3v) is 4.15. The van der Waals surface area contributed by atoms with Crippen molar-refractivity contribution < 1.29 is 13.7 Å². The standard InChI is InChI=1S/C20H22N2O3/c1-13(2)22(20(23)18-6-5-9-24-18)12-16-11-19(25-21-16)17-8-7-14(3)10-15(17)4/h5-11,13H,12H2,1-4H3. The van der Waals surface area contributed by atoms with E-state index in [1.54, 1.807) is 17.0 Å². The number of nitrogens with zero attached hydrogens (tertiary/aromatic N) is 2. The zero-order valence-corrected chi connectivity index (χ0v) is 14.9. The number of aryl methyl sites for hydroxylation is 2. The van der Waals surface area contributed by atoms with Gasteiger partial charge in [-0.05, 0) is 45.4 Å². The summed E-state index contributed by atoms with van der Waals surface area (Å²) in [5.41, 5.74) is 4.06. The van der Waals surface area contributed by atoms with Crippen LogP contribution in [0.1, 0.15) is 41.2 Å². The first-order chi connectivity index (χ1) is 12.0.